The predicted octanol–water partition coefficient (Wildman–Crippen LogP) is 5.83. The molecule has 50 heavy (non-hydrogen) atoms. The molecule has 1 aromatic heterocycles. The number of carbonyl (C=O) groups is 4. The van der Waals surface area contributed by atoms with Gasteiger partial charge in [0.2, 0.25) is 0 Å². The Labute approximate surface area is 289 Å². The SMILES string of the molecule is CSc1cccc(C(NC(=O)c2cccc(C(=O)N3CCC(n4cc(-c5cccc6c5C(=O)NC6=O)nn4)CC3)c2)c2ccc(F)cc2F)c1. The highest BCUT2D eigenvalue weighted by molar-refractivity contribution is 7.98. The van der Waals surface area contributed by atoms with Gasteiger partial charge in [-0.25, -0.2) is 13.5 Å². The van der Waals surface area contributed by atoms with Gasteiger partial charge >= 0.3 is 0 Å². The van der Waals surface area contributed by atoms with E-state index in [0.717, 1.165) is 17.0 Å². The molecule has 1 atom stereocenters. The van der Waals surface area contributed by atoms with Gasteiger partial charge in [-0.1, -0.05) is 41.6 Å². The number of hydrogen-bond donors (Lipinski definition) is 2. The number of benzene rings is 4. The van der Waals surface area contributed by atoms with Crippen molar-refractivity contribution in [2.75, 3.05) is 19.3 Å². The van der Waals surface area contributed by atoms with Crippen LogP contribution in [0, 0.1) is 11.6 Å². The number of amides is 4. The molecule has 13 heteroatoms. The van der Waals surface area contributed by atoms with Crippen LogP contribution in [0.4, 0.5) is 8.78 Å². The van der Waals surface area contributed by atoms with E-state index < -0.39 is 35.4 Å². The maximum absolute atomic E-state index is 15.0. The van der Waals surface area contributed by atoms with Crippen molar-refractivity contribution in [2.45, 2.75) is 29.8 Å². The Morgan fingerprint density at radius 3 is 2.42 bits per heavy atom. The highest BCUT2D eigenvalue weighted by Crippen LogP contribution is 2.31. The lowest BCUT2D eigenvalue weighted by Crippen LogP contribution is -2.39. The van der Waals surface area contributed by atoms with Crippen LogP contribution in [0.5, 0.6) is 0 Å². The van der Waals surface area contributed by atoms with Crippen LogP contribution in [-0.2, 0) is 0 Å². The number of halogens is 2. The molecular formula is C37H30F2N6O4S. The second-order valence-electron chi connectivity index (χ2n) is 12.0. The summed E-state index contributed by atoms with van der Waals surface area (Å²) in [6.07, 6.45) is 4.85. The molecule has 0 bridgehead atoms. The van der Waals surface area contributed by atoms with Crippen LogP contribution in [0.25, 0.3) is 11.3 Å². The van der Waals surface area contributed by atoms with E-state index in [-0.39, 0.29) is 28.6 Å². The summed E-state index contributed by atoms with van der Waals surface area (Å²) in [5.74, 6) is -3.17. The van der Waals surface area contributed by atoms with Crippen molar-refractivity contribution < 1.29 is 28.0 Å². The van der Waals surface area contributed by atoms with E-state index in [1.54, 1.807) is 58.2 Å². The van der Waals surface area contributed by atoms with Crippen molar-refractivity contribution in [3.8, 4) is 11.3 Å². The average molecular weight is 693 g/mol. The van der Waals surface area contributed by atoms with Crippen molar-refractivity contribution in [1.82, 2.24) is 30.5 Å². The molecule has 2 aliphatic rings. The third kappa shape index (κ3) is 6.39. The van der Waals surface area contributed by atoms with Gasteiger partial charge in [0, 0.05) is 46.3 Å². The number of thioether (sulfide) groups is 1. The monoisotopic (exact) mass is 692 g/mol. The van der Waals surface area contributed by atoms with Crippen LogP contribution in [0.2, 0.25) is 0 Å². The standard InChI is InChI=1S/C37H30F2N6O4S/c1-50-26-8-3-5-21(18-26)33(27-12-11-24(38)19-30(27)39)40-34(46)22-6-2-7-23(17-22)37(49)44-15-13-25(14-16-44)45-20-31(42-43-45)28-9-4-10-29-32(28)36(48)41-35(29)47/h2-12,17-20,25,33H,13-16H2,1H3,(H,40,46)(H,41,47,48). The third-order valence-electron chi connectivity index (χ3n) is 9.02. The van der Waals surface area contributed by atoms with E-state index in [0.29, 0.717) is 53.9 Å². The summed E-state index contributed by atoms with van der Waals surface area (Å²) in [5.41, 5.74) is 2.87. The topological polar surface area (TPSA) is 126 Å². The van der Waals surface area contributed by atoms with E-state index in [4.69, 9.17) is 0 Å². The zero-order valence-electron chi connectivity index (χ0n) is 26.7. The molecule has 0 spiro atoms. The average Bonchev–Trinajstić information content (AvgIpc) is 3.75. The van der Waals surface area contributed by atoms with E-state index in [1.807, 2.05) is 24.5 Å². The predicted molar refractivity (Wildman–Crippen MR) is 182 cm³/mol. The molecule has 0 radical (unpaired) electrons. The Morgan fingerprint density at radius 2 is 1.64 bits per heavy atom. The number of likely N-dealkylation sites (tertiary alicyclic amines) is 1. The molecule has 3 heterocycles. The van der Waals surface area contributed by atoms with Gasteiger partial charge in [-0.2, -0.15) is 0 Å². The molecule has 4 amide bonds. The Morgan fingerprint density at radius 1 is 0.900 bits per heavy atom. The molecule has 7 rings (SSSR count). The fourth-order valence-electron chi connectivity index (χ4n) is 6.43. The highest BCUT2D eigenvalue weighted by Gasteiger charge is 2.31. The molecule has 4 aromatic carbocycles. The Balaban J connectivity index is 1.04. The molecule has 1 unspecified atom stereocenters. The van der Waals surface area contributed by atoms with Gasteiger partial charge in [0.15, 0.2) is 0 Å². The smallest absolute Gasteiger partial charge is 0.259 e. The van der Waals surface area contributed by atoms with Crippen molar-refractivity contribution in [3.05, 3.63) is 136 Å². The maximum atomic E-state index is 15.0. The summed E-state index contributed by atoms with van der Waals surface area (Å²) in [6.45, 7) is 0.870. The van der Waals surface area contributed by atoms with Crippen molar-refractivity contribution in [2.24, 2.45) is 0 Å². The molecule has 0 aliphatic carbocycles. The van der Waals surface area contributed by atoms with Crippen molar-refractivity contribution in [3.63, 3.8) is 0 Å². The van der Waals surface area contributed by atoms with Gasteiger partial charge in [0.1, 0.15) is 17.3 Å². The fraction of sp³-hybridized carbons (Fsp3) is 0.189. The molecule has 1 fully saturated rings. The lowest BCUT2D eigenvalue weighted by atomic mass is 9.97. The van der Waals surface area contributed by atoms with Gasteiger partial charge in [0.25, 0.3) is 23.6 Å². The Bertz CT molecular complexity index is 2160. The summed E-state index contributed by atoms with van der Waals surface area (Å²) < 4.78 is 30.5. The second-order valence-corrected chi connectivity index (χ2v) is 12.9. The number of rotatable bonds is 8. The number of nitrogens with zero attached hydrogens (tertiary/aromatic N) is 4. The van der Waals surface area contributed by atoms with E-state index >= 15 is 4.39 Å². The van der Waals surface area contributed by atoms with Gasteiger partial charge in [-0.15, -0.1) is 16.9 Å². The minimum atomic E-state index is -0.909. The molecule has 10 nitrogen and oxygen atoms in total. The molecule has 5 aromatic rings. The zero-order chi connectivity index (χ0) is 34.9. The Kier molecular flexibility index (Phi) is 8.98. The summed E-state index contributed by atoms with van der Waals surface area (Å²) in [5, 5.41) is 13.8. The largest absolute Gasteiger partial charge is 0.341 e. The van der Waals surface area contributed by atoms with E-state index in [2.05, 4.69) is 20.9 Å². The minimum absolute atomic E-state index is 0.0435. The first-order valence-corrected chi connectivity index (χ1v) is 17.1. The lowest BCUT2D eigenvalue weighted by Gasteiger charge is -2.32. The first-order valence-electron chi connectivity index (χ1n) is 15.9. The van der Waals surface area contributed by atoms with Gasteiger partial charge in [-0.05, 0) is 67.1 Å². The fourth-order valence-corrected chi connectivity index (χ4v) is 6.90. The van der Waals surface area contributed by atoms with Crippen molar-refractivity contribution in [1.29, 1.82) is 0 Å². The first kappa shape index (κ1) is 32.8. The summed E-state index contributed by atoms with van der Waals surface area (Å²) in [4.78, 5) is 54.3. The number of carbonyl (C=O) groups excluding carboxylic acids is 4. The lowest BCUT2D eigenvalue weighted by molar-refractivity contribution is 0.0688. The van der Waals surface area contributed by atoms with Crippen LogP contribution in [0.3, 0.4) is 0 Å². The maximum Gasteiger partial charge on any atom is 0.259 e. The molecule has 0 saturated carbocycles. The number of fused-ring (bicyclic) bond motifs is 1. The number of aromatic nitrogens is 3. The van der Waals surface area contributed by atoms with E-state index in [1.165, 1.54) is 23.9 Å². The summed E-state index contributed by atoms with van der Waals surface area (Å²) in [7, 11) is 0. The number of nitrogens with one attached hydrogen (secondary N) is 2. The first-order chi connectivity index (χ1) is 24.2. The minimum Gasteiger partial charge on any atom is -0.341 e. The zero-order valence-corrected chi connectivity index (χ0v) is 27.5. The summed E-state index contributed by atoms with van der Waals surface area (Å²) in [6, 6.07) is 21.0. The number of imide groups is 1. The van der Waals surface area contributed by atoms with Crippen LogP contribution >= 0.6 is 11.8 Å². The number of piperidine rings is 1. The van der Waals surface area contributed by atoms with Gasteiger partial charge in [-0.3, -0.25) is 24.5 Å². The van der Waals surface area contributed by atoms with Crippen LogP contribution < -0.4 is 10.6 Å². The Hall–Kier alpha value is -5.69. The van der Waals surface area contributed by atoms with Crippen LogP contribution in [0.15, 0.2) is 96.0 Å². The highest BCUT2D eigenvalue weighted by atomic mass is 32.2. The van der Waals surface area contributed by atoms with Crippen molar-refractivity contribution >= 4 is 35.4 Å². The number of hydrogen-bond acceptors (Lipinski definition) is 7. The molecule has 252 valence electrons. The summed E-state index contributed by atoms with van der Waals surface area (Å²) >= 11 is 1.50. The van der Waals surface area contributed by atoms with Crippen LogP contribution in [0.1, 0.15) is 77.5 Å². The van der Waals surface area contributed by atoms with Gasteiger partial charge < -0.3 is 10.2 Å². The molecule has 1 saturated heterocycles. The molecule has 2 N–H and O–H groups in total. The van der Waals surface area contributed by atoms with E-state index in [9.17, 15) is 23.6 Å². The molecule has 2 aliphatic heterocycles. The molecular weight excluding hydrogens is 663 g/mol. The second kappa shape index (κ2) is 13.7. The van der Waals surface area contributed by atoms with Crippen LogP contribution in [-0.4, -0.2) is 62.9 Å². The van der Waals surface area contributed by atoms with Gasteiger partial charge in [0.05, 0.1) is 29.4 Å². The quantitative estimate of drug-likeness (QED) is 0.155. The third-order valence-corrected chi connectivity index (χ3v) is 9.75. The normalized spacial score (nSPS) is 15.1.